The molecule has 0 unspecified atom stereocenters. The van der Waals surface area contributed by atoms with Gasteiger partial charge in [-0.3, -0.25) is 0 Å². The molecular weight excluding hydrogens is 206 g/mol. The highest BCUT2D eigenvalue weighted by Crippen LogP contribution is 2.14. The molecule has 0 fully saturated rings. The number of esters is 1. The van der Waals surface area contributed by atoms with Crippen molar-refractivity contribution in [2.45, 2.75) is 6.92 Å². The minimum atomic E-state index is -0.358. The first kappa shape index (κ1) is 12.1. The molecule has 0 atom stereocenters. The predicted molar refractivity (Wildman–Crippen MR) is 62.4 cm³/mol. The number of ether oxygens (including phenoxy) is 2. The lowest BCUT2D eigenvalue weighted by molar-refractivity contribution is -0.137. The minimum Gasteiger partial charge on any atom is -0.497 e. The Morgan fingerprint density at radius 3 is 2.62 bits per heavy atom. The van der Waals surface area contributed by atoms with E-state index in [4.69, 9.17) is 9.47 Å². The first-order valence-corrected chi connectivity index (χ1v) is 5.00. The minimum absolute atomic E-state index is 0.358. The van der Waals surface area contributed by atoms with Gasteiger partial charge in [0, 0.05) is 18.0 Å². The predicted octanol–water partition coefficient (Wildman–Crippen LogP) is 2.18. The van der Waals surface area contributed by atoms with Crippen molar-refractivity contribution in [3.63, 3.8) is 0 Å². The van der Waals surface area contributed by atoms with Gasteiger partial charge >= 0.3 is 5.97 Å². The highest BCUT2D eigenvalue weighted by molar-refractivity contribution is 5.82. The second-order valence-corrected chi connectivity index (χ2v) is 2.96. The van der Waals surface area contributed by atoms with Crippen LogP contribution in [0.15, 0.2) is 36.5 Å². The van der Waals surface area contributed by atoms with E-state index < -0.39 is 0 Å². The van der Waals surface area contributed by atoms with Crippen LogP contribution in [-0.4, -0.2) is 19.7 Å². The molecule has 0 amide bonds. The number of nitrogens with one attached hydrogen (secondary N) is 1. The highest BCUT2D eigenvalue weighted by Gasteiger charge is 1.93. The maximum atomic E-state index is 11.0. The number of anilines is 1. The molecule has 0 aromatic heterocycles. The fraction of sp³-hybridized carbons (Fsp3) is 0.250. The lowest BCUT2D eigenvalue weighted by atomic mass is 10.3. The van der Waals surface area contributed by atoms with Crippen molar-refractivity contribution in [3.8, 4) is 5.75 Å². The van der Waals surface area contributed by atoms with Crippen molar-refractivity contribution in [2.24, 2.45) is 0 Å². The fourth-order valence-corrected chi connectivity index (χ4v) is 1.08. The topological polar surface area (TPSA) is 47.6 Å². The fourth-order valence-electron chi connectivity index (χ4n) is 1.08. The van der Waals surface area contributed by atoms with Crippen LogP contribution in [0.4, 0.5) is 5.69 Å². The Bertz CT molecular complexity index is 357. The summed E-state index contributed by atoms with van der Waals surface area (Å²) in [6.07, 6.45) is 2.88. The Hall–Kier alpha value is -1.97. The number of rotatable bonds is 5. The van der Waals surface area contributed by atoms with Gasteiger partial charge in [-0.25, -0.2) is 4.79 Å². The summed E-state index contributed by atoms with van der Waals surface area (Å²) < 4.78 is 9.75. The van der Waals surface area contributed by atoms with Crippen LogP contribution in [0.5, 0.6) is 5.75 Å². The molecule has 1 aromatic rings. The molecule has 0 bridgehead atoms. The average molecular weight is 221 g/mol. The van der Waals surface area contributed by atoms with Crippen LogP contribution >= 0.6 is 0 Å². The number of hydrogen-bond donors (Lipinski definition) is 1. The quantitative estimate of drug-likeness (QED) is 0.611. The van der Waals surface area contributed by atoms with Gasteiger partial charge in [-0.2, -0.15) is 0 Å². The van der Waals surface area contributed by atoms with E-state index in [0.29, 0.717) is 6.61 Å². The van der Waals surface area contributed by atoms with Crippen LogP contribution in [-0.2, 0) is 9.53 Å². The highest BCUT2D eigenvalue weighted by atomic mass is 16.5. The molecule has 0 saturated heterocycles. The largest absolute Gasteiger partial charge is 0.497 e. The number of benzene rings is 1. The van der Waals surface area contributed by atoms with Gasteiger partial charge in [0.1, 0.15) is 5.75 Å². The summed E-state index contributed by atoms with van der Waals surface area (Å²) in [4.78, 5) is 11.0. The third kappa shape index (κ3) is 4.04. The Labute approximate surface area is 94.9 Å². The van der Waals surface area contributed by atoms with Crippen molar-refractivity contribution in [1.29, 1.82) is 0 Å². The molecule has 0 spiro atoms. The zero-order chi connectivity index (χ0) is 11.8. The zero-order valence-electron chi connectivity index (χ0n) is 9.40. The summed E-state index contributed by atoms with van der Waals surface area (Å²) in [6.45, 7) is 2.15. The van der Waals surface area contributed by atoms with Gasteiger partial charge in [0.05, 0.1) is 13.7 Å². The summed E-state index contributed by atoms with van der Waals surface area (Å²) in [5, 5.41) is 2.95. The first-order valence-electron chi connectivity index (χ1n) is 5.00. The number of methoxy groups -OCH3 is 1. The van der Waals surface area contributed by atoms with Gasteiger partial charge in [-0.05, 0) is 31.2 Å². The van der Waals surface area contributed by atoms with Crippen LogP contribution in [0.25, 0.3) is 0 Å². The molecule has 1 N–H and O–H groups in total. The third-order valence-corrected chi connectivity index (χ3v) is 1.85. The van der Waals surface area contributed by atoms with E-state index in [1.165, 1.54) is 6.08 Å². The molecule has 86 valence electrons. The molecule has 0 aliphatic carbocycles. The molecule has 4 nitrogen and oxygen atoms in total. The third-order valence-electron chi connectivity index (χ3n) is 1.85. The smallest absolute Gasteiger partial charge is 0.332 e. The summed E-state index contributed by atoms with van der Waals surface area (Å²) in [7, 11) is 1.61. The normalized spacial score (nSPS) is 10.1. The van der Waals surface area contributed by atoms with E-state index in [9.17, 15) is 4.79 Å². The summed E-state index contributed by atoms with van der Waals surface area (Å²) in [5.74, 6) is 0.434. The Kier molecular flexibility index (Phi) is 4.92. The van der Waals surface area contributed by atoms with Gasteiger partial charge < -0.3 is 14.8 Å². The molecule has 0 saturated carbocycles. The van der Waals surface area contributed by atoms with Crippen LogP contribution in [0.3, 0.4) is 0 Å². The van der Waals surface area contributed by atoms with Gasteiger partial charge in [-0.1, -0.05) is 0 Å². The van der Waals surface area contributed by atoms with Gasteiger partial charge in [0.2, 0.25) is 0 Å². The van der Waals surface area contributed by atoms with Crippen LogP contribution in [0, 0.1) is 0 Å². The summed E-state index contributed by atoms with van der Waals surface area (Å²) >= 11 is 0. The Morgan fingerprint density at radius 1 is 1.38 bits per heavy atom. The molecule has 4 heteroatoms. The van der Waals surface area contributed by atoms with Crippen molar-refractivity contribution < 1.29 is 14.3 Å². The van der Waals surface area contributed by atoms with Gasteiger partial charge in [-0.15, -0.1) is 0 Å². The lowest BCUT2D eigenvalue weighted by Crippen LogP contribution is -2.00. The molecule has 0 radical (unpaired) electrons. The van der Waals surface area contributed by atoms with Crippen LogP contribution < -0.4 is 10.1 Å². The molecule has 1 aromatic carbocycles. The van der Waals surface area contributed by atoms with E-state index in [-0.39, 0.29) is 5.97 Å². The molecule has 16 heavy (non-hydrogen) atoms. The molecule has 0 heterocycles. The number of carbonyl (C=O) groups is 1. The molecule has 1 rings (SSSR count). The van der Waals surface area contributed by atoms with Crippen LogP contribution in [0.2, 0.25) is 0 Å². The van der Waals surface area contributed by atoms with Gasteiger partial charge in [0.15, 0.2) is 0 Å². The van der Waals surface area contributed by atoms with E-state index >= 15 is 0 Å². The lowest BCUT2D eigenvalue weighted by Gasteiger charge is -2.02. The number of hydrogen-bond acceptors (Lipinski definition) is 4. The Morgan fingerprint density at radius 2 is 2.06 bits per heavy atom. The monoisotopic (exact) mass is 221 g/mol. The second kappa shape index (κ2) is 6.50. The SMILES string of the molecule is CCOC(=O)/C=C/Nc1ccc(OC)cc1. The van der Waals surface area contributed by atoms with Crippen molar-refractivity contribution in [3.05, 3.63) is 36.5 Å². The molecule has 0 aliphatic heterocycles. The molecule has 0 aliphatic rings. The first-order chi connectivity index (χ1) is 7.76. The van der Waals surface area contributed by atoms with E-state index in [2.05, 4.69) is 5.32 Å². The van der Waals surface area contributed by atoms with Crippen molar-refractivity contribution in [1.82, 2.24) is 0 Å². The molecular formula is C12H15NO3. The summed E-state index contributed by atoms with van der Waals surface area (Å²) in [6, 6.07) is 7.38. The van der Waals surface area contributed by atoms with E-state index in [1.807, 2.05) is 24.3 Å². The maximum Gasteiger partial charge on any atom is 0.332 e. The van der Waals surface area contributed by atoms with E-state index in [0.717, 1.165) is 11.4 Å². The van der Waals surface area contributed by atoms with Crippen LogP contribution in [0.1, 0.15) is 6.92 Å². The number of carbonyl (C=O) groups excluding carboxylic acids is 1. The maximum absolute atomic E-state index is 11.0. The zero-order valence-corrected chi connectivity index (χ0v) is 9.40. The van der Waals surface area contributed by atoms with Crippen molar-refractivity contribution >= 4 is 11.7 Å². The van der Waals surface area contributed by atoms with Crippen molar-refractivity contribution in [2.75, 3.05) is 19.0 Å². The van der Waals surface area contributed by atoms with Gasteiger partial charge in [0.25, 0.3) is 0 Å². The summed E-state index contributed by atoms with van der Waals surface area (Å²) in [5.41, 5.74) is 0.876. The standard InChI is InChI=1S/C12H15NO3/c1-3-16-12(14)8-9-13-10-4-6-11(15-2)7-5-10/h4-9,13H,3H2,1-2H3/b9-8+. The van der Waals surface area contributed by atoms with E-state index in [1.54, 1.807) is 20.2 Å². The average Bonchev–Trinajstić information content (AvgIpc) is 2.30. The second-order valence-electron chi connectivity index (χ2n) is 2.96. The Balaban J connectivity index is 2.45.